The Morgan fingerprint density at radius 2 is 2.29 bits per heavy atom. The number of halogens is 2. The molecule has 0 unspecified atom stereocenters. The fourth-order valence-electron chi connectivity index (χ4n) is 0.108. The van der Waals surface area contributed by atoms with Crippen molar-refractivity contribution in [2.24, 2.45) is 0 Å². The maximum absolute atomic E-state index is 9.81. The molecule has 0 spiro atoms. The SMILES string of the molecule is C[C@@H](Cl)[C@H](Br)C=O. The van der Waals surface area contributed by atoms with E-state index in [1.54, 1.807) is 6.92 Å². The first-order valence-electron chi connectivity index (χ1n) is 1.92. The Morgan fingerprint density at radius 1 is 1.86 bits per heavy atom. The Labute approximate surface area is 56.2 Å². The molecular formula is C4H6BrClO. The van der Waals surface area contributed by atoms with Crippen LogP contribution in [0.1, 0.15) is 6.92 Å². The molecule has 0 aromatic heterocycles. The highest BCUT2D eigenvalue weighted by Gasteiger charge is 2.06. The molecule has 7 heavy (non-hydrogen) atoms. The first-order chi connectivity index (χ1) is 3.18. The number of aldehydes is 1. The lowest BCUT2D eigenvalue weighted by molar-refractivity contribution is -0.107. The van der Waals surface area contributed by atoms with E-state index >= 15 is 0 Å². The average Bonchev–Trinajstić information content (AvgIpc) is 1.65. The van der Waals surface area contributed by atoms with Crippen LogP contribution in [0.2, 0.25) is 0 Å². The molecule has 1 nitrogen and oxygen atoms in total. The third-order valence-corrected chi connectivity index (χ3v) is 2.15. The van der Waals surface area contributed by atoms with Crippen LogP contribution in [-0.4, -0.2) is 16.5 Å². The summed E-state index contributed by atoms with van der Waals surface area (Å²) in [6, 6.07) is 0. The lowest BCUT2D eigenvalue weighted by Crippen LogP contribution is -2.10. The van der Waals surface area contributed by atoms with Gasteiger partial charge in [-0.3, -0.25) is 0 Å². The Morgan fingerprint density at radius 3 is 2.29 bits per heavy atom. The highest BCUT2D eigenvalue weighted by molar-refractivity contribution is 9.10. The maximum atomic E-state index is 9.81. The van der Waals surface area contributed by atoms with E-state index < -0.39 is 0 Å². The van der Waals surface area contributed by atoms with Crippen molar-refractivity contribution in [1.29, 1.82) is 0 Å². The summed E-state index contributed by atoms with van der Waals surface area (Å²) in [6.45, 7) is 1.76. The highest BCUT2D eigenvalue weighted by atomic mass is 79.9. The molecule has 0 N–H and O–H groups in total. The Balaban J connectivity index is 3.33. The van der Waals surface area contributed by atoms with Gasteiger partial charge in [0, 0.05) is 5.38 Å². The van der Waals surface area contributed by atoms with Crippen molar-refractivity contribution in [1.82, 2.24) is 0 Å². The molecule has 0 rings (SSSR count). The minimum absolute atomic E-state index is 0.113. The topological polar surface area (TPSA) is 17.1 Å². The first-order valence-corrected chi connectivity index (χ1v) is 3.27. The number of hydrogen-bond acceptors (Lipinski definition) is 1. The number of carbonyl (C=O) groups is 1. The van der Waals surface area contributed by atoms with E-state index in [1.807, 2.05) is 0 Å². The third-order valence-electron chi connectivity index (χ3n) is 0.569. The second-order valence-corrected chi connectivity index (χ2v) is 3.00. The van der Waals surface area contributed by atoms with Gasteiger partial charge in [-0.2, -0.15) is 0 Å². The fourth-order valence-corrected chi connectivity index (χ4v) is 0.168. The minimum Gasteiger partial charge on any atom is -0.302 e. The van der Waals surface area contributed by atoms with Crippen molar-refractivity contribution >= 4 is 33.8 Å². The van der Waals surface area contributed by atoms with Gasteiger partial charge in [0.1, 0.15) is 6.29 Å². The van der Waals surface area contributed by atoms with Crippen LogP contribution in [0.25, 0.3) is 0 Å². The van der Waals surface area contributed by atoms with Crippen molar-refractivity contribution in [3.05, 3.63) is 0 Å². The van der Waals surface area contributed by atoms with E-state index in [-0.39, 0.29) is 10.2 Å². The van der Waals surface area contributed by atoms with Crippen molar-refractivity contribution in [2.45, 2.75) is 17.1 Å². The van der Waals surface area contributed by atoms with Crippen LogP contribution in [-0.2, 0) is 4.79 Å². The summed E-state index contributed by atoms with van der Waals surface area (Å²) in [4.78, 5) is 9.62. The lowest BCUT2D eigenvalue weighted by atomic mass is 10.4. The molecule has 3 heteroatoms. The Kier molecular flexibility index (Phi) is 3.66. The third kappa shape index (κ3) is 3.06. The van der Waals surface area contributed by atoms with Gasteiger partial charge in [-0.25, -0.2) is 0 Å². The number of alkyl halides is 2. The largest absolute Gasteiger partial charge is 0.302 e. The average molecular weight is 185 g/mol. The standard InChI is InChI=1S/C4H6BrClO/c1-3(6)4(5)2-7/h2-4H,1H3/t3-,4-/m1/s1. The van der Waals surface area contributed by atoms with E-state index in [9.17, 15) is 4.79 Å². The van der Waals surface area contributed by atoms with Crippen molar-refractivity contribution < 1.29 is 4.79 Å². The number of carbonyl (C=O) groups excluding carboxylic acids is 1. The predicted molar refractivity (Wildman–Crippen MR) is 34.1 cm³/mol. The Bertz CT molecular complexity index is 64.7. The van der Waals surface area contributed by atoms with Gasteiger partial charge < -0.3 is 4.79 Å². The molecule has 0 fully saturated rings. The molecule has 0 aliphatic heterocycles. The molecule has 2 atom stereocenters. The maximum Gasteiger partial charge on any atom is 0.135 e. The fraction of sp³-hybridized carbons (Fsp3) is 0.750. The van der Waals surface area contributed by atoms with Crippen molar-refractivity contribution in [3.63, 3.8) is 0 Å². The van der Waals surface area contributed by atoms with Crippen LogP contribution in [0.3, 0.4) is 0 Å². The molecule has 0 aromatic rings. The summed E-state index contributed by atoms with van der Waals surface area (Å²) in [5.41, 5.74) is 0. The van der Waals surface area contributed by atoms with Crippen molar-refractivity contribution in [3.8, 4) is 0 Å². The normalized spacial score (nSPS) is 18.1. The quantitative estimate of drug-likeness (QED) is 0.471. The highest BCUT2D eigenvalue weighted by Crippen LogP contribution is 2.07. The number of rotatable bonds is 2. The first kappa shape index (κ1) is 7.44. The van der Waals surface area contributed by atoms with Crippen molar-refractivity contribution in [2.75, 3.05) is 0 Å². The van der Waals surface area contributed by atoms with Crippen LogP contribution in [0.15, 0.2) is 0 Å². The molecule has 0 amide bonds. The van der Waals surface area contributed by atoms with E-state index in [1.165, 1.54) is 0 Å². The number of hydrogen-bond donors (Lipinski definition) is 0. The molecule has 0 saturated carbocycles. The van der Waals surface area contributed by atoms with E-state index in [0.29, 0.717) is 0 Å². The molecule has 0 saturated heterocycles. The summed E-state index contributed by atoms with van der Waals surface area (Å²) < 4.78 is 0. The smallest absolute Gasteiger partial charge is 0.135 e. The van der Waals surface area contributed by atoms with Gasteiger partial charge in [0.2, 0.25) is 0 Å². The predicted octanol–water partition coefficient (Wildman–Crippen LogP) is 1.58. The zero-order chi connectivity index (χ0) is 5.86. The van der Waals surface area contributed by atoms with Gasteiger partial charge in [0.05, 0.1) is 4.83 Å². The van der Waals surface area contributed by atoms with E-state index in [4.69, 9.17) is 11.6 Å². The molecule has 0 heterocycles. The molecule has 42 valence electrons. The van der Waals surface area contributed by atoms with Gasteiger partial charge in [-0.05, 0) is 6.92 Å². The molecule has 0 aromatic carbocycles. The zero-order valence-corrected chi connectivity index (χ0v) is 6.24. The van der Waals surface area contributed by atoms with E-state index in [2.05, 4.69) is 15.9 Å². The van der Waals surface area contributed by atoms with Gasteiger partial charge in [-0.1, -0.05) is 15.9 Å². The van der Waals surface area contributed by atoms with Gasteiger partial charge >= 0.3 is 0 Å². The monoisotopic (exact) mass is 184 g/mol. The summed E-state index contributed by atoms with van der Waals surface area (Å²) in [5.74, 6) is 0. The van der Waals surface area contributed by atoms with Gasteiger partial charge in [-0.15, -0.1) is 11.6 Å². The molecule has 0 bridgehead atoms. The minimum atomic E-state index is -0.200. The second-order valence-electron chi connectivity index (χ2n) is 1.26. The summed E-state index contributed by atoms with van der Waals surface area (Å²) >= 11 is 8.49. The van der Waals surface area contributed by atoms with Gasteiger partial charge in [0.25, 0.3) is 0 Å². The summed E-state index contributed by atoms with van der Waals surface area (Å²) in [6.07, 6.45) is 0.775. The molecule has 0 radical (unpaired) electrons. The van der Waals surface area contributed by atoms with Crippen LogP contribution in [0, 0.1) is 0 Å². The zero-order valence-electron chi connectivity index (χ0n) is 3.90. The van der Waals surface area contributed by atoms with Crippen LogP contribution in [0.4, 0.5) is 0 Å². The van der Waals surface area contributed by atoms with Gasteiger partial charge in [0.15, 0.2) is 0 Å². The van der Waals surface area contributed by atoms with E-state index in [0.717, 1.165) is 6.29 Å². The summed E-state index contributed by atoms with van der Waals surface area (Å²) in [7, 11) is 0. The van der Waals surface area contributed by atoms with Crippen LogP contribution in [0.5, 0.6) is 0 Å². The van der Waals surface area contributed by atoms with Crippen LogP contribution >= 0.6 is 27.5 Å². The summed E-state index contributed by atoms with van der Waals surface area (Å²) in [5, 5.41) is -0.113. The molecule has 0 aliphatic rings. The molecular weight excluding hydrogens is 179 g/mol. The van der Waals surface area contributed by atoms with Crippen LogP contribution < -0.4 is 0 Å². The lowest BCUT2D eigenvalue weighted by Gasteiger charge is -1.99. The Hall–Kier alpha value is 0.440. The molecule has 0 aliphatic carbocycles. The second kappa shape index (κ2) is 3.44.